The van der Waals surface area contributed by atoms with Crippen LogP contribution in [-0.2, 0) is 6.54 Å². The minimum absolute atomic E-state index is 0.665. The first-order valence-electron chi connectivity index (χ1n) is 6.30. The van der Waals surface area contributed by atoms with Crippen LogP contribution in [0, 0.1) is 4.77 Å². The van der Waals surface area contributed by atoms with Gasteiger partial charge in [-0.05, 0) is 30.8 Å². The number of hydrogen-bond donors (Lipinski definition) is 1. The first-order valence-corrected chi connectivity index (χ1v) is 6.71. The summed E-state index contributed by atoms with van der Waals surface area (Å²) in [6.45, 7) is 2.99. The summed E-state index contributed by atoms with van der Waals surface area (Å²) in [4.78, 5) is 4.38. The molecule has 0 spiro atoms. The zero-order chi connectivity index (χ0) is 13.2. The molecule has 0 saturated carbocycles. The van der Waals surface area contributed by atoms with Crippen LogP contribution in [0.1, 0.15) is 13.3 Å². The van der Waals surface area contributed by atoms with Gasteiger partial charge >= 0.3 is 0 Å². The molecule has 4 nitrogen and oxygen atoms in total. The summed E-state index contributed by atoms with van der Waals surface area (Å²) in [6.07, 6.45) is 2.82. The van der Waals surface area contributed by atoms with Crippen LogP contribution in [0.2, 0.25) is 0 Å². The lowest BCUT2D eigenvalue weighted by molar-refractivity contribution is 0.675. The number of fused-ring (bicyclic) bond motifs is 1. The Morgan fingerprint density at radius 2 is 2.16 bits per heavy atom. The summed E-state index contributed by atoms with van der Waals surface area (Å²) in [5, 5.41) is 8.35. The summed E-state index contributed by atoms with van der Waals surface area (Å²) >= 11 is 5.29. The van der Waals surface area contributed by atoms with Gasteiger partial charge in [-0.25, -0.2) is 0 Å². The summed E-state index contributed by atoms with van der Waals surface area (Å²) in [5.74, 6) is 0.880. The molecule has 2 heterocycles. The van der Waals surface area contributed by atoms with Gasteiger partial charge in [-0.1, -0.05) is 25.1 Å². The molecule has 96 valence electrons. The van der Waals surface area contributed by atoms with Gasteiger partial charge in [0.15, 0.2) is 10.6 Å². The fourth-order valence-corrected chi connectivity index (χ4v) is 2.48. The van der Waals surface area contributed by atoms with E-state index < -0.39 is 0 Å². The molecule has 3 aromatic rings. The average molecular weight is 270 g/mol. The van der Waals surface area contributed by atoms with E-state index in [1.54, 1.807) is 6.20 Å². The van der Waals surface area contributed by atoms with Crippen LogP contribution in [-0.4, -0.2) is 19.7 Å². The molecule has 0 saturated heterocycles. The maximum Gasteiger partial charge on any atom is 0.195 e. The predicted molar refractivity (Wildman–Crippen MR) is 78.4 cm³/mol. The molecule has 2 aromatic heterocycles. The quantitative estimate of drug-likeness (QED) is 0.740. The van der Waals surface area contributed by atoms with Crippen molar-refractivity contribution in [3.63, 3.8) is 0 Å². The summed E-state index contributed by atoms with van der Waals surface area (Å²) < 4.78 is 2.70. The Balaban J connectivity index is 2.28. The Morgan fingerprint density at radius 1 is 1.26 bits per heavy atom. The molecule has 0 atom stereocenters. The normalized spacial score (nSPS) is 11.0. The Morgan fingerprint density at radius 3 is 3.00 bits per heavy atom. The highest BCUT2D eigenvalue weighted by Crippen LogP contribution is 2.26. The molecule has 0 fully saturated rings. The topological polar surface area (TPSA) is 46.5 Å². The Kier molecular flexibility index (Phi) is 3.13. The van der Waals surface area contributed by atoms with Crippen molar-refractivity contribution >= 4 is 23.1 Å². The second-order valence-electron chi connectivity index (χ2n) is 4.38. The molecule has 5 heteroatoms. The van der Waals surface area contributed by atoms with Gasteiger partial charge in [0.05, 0.1) is 5.52 Å². The Hall–Kier alpha value is -2.01. The van der Waals surface area contributed by atoms with Crippen LogP contribution in [0.15, 0.2) is 36.5 Å². The minimum atomic E-state index is 0.665. The molecule has 1 aromatic carbocycles. The van der Waals surface area contributed by atoms with Crippen LogP contribution < -0.4 is 0 Å². The number of aromatic amines is 1. The molecular formula is C14H14N4S. The molecule has 3 rings (SSSR count). The summed E-state index contributed by atoms with van der Waals surface area (Å²) in [7, 11) is 0. The van der Waals surface area contributed by atoms with Crippen molar-refractivity contribution in [3.8, 4) is 11.4 Å². The minimum Gasteiger partial charge on any atom is -0.300 e. The first kappa shape index (κ1) is 12.0. The van der Waals surface area contributed by atoms with Crippen LogP contribution in [0.5, 0.6) is 0 Å². The monoisotopic (exact) mass is 270 g/mol. The highest BCUT2D eigenvalue weighted by atomic mass is 32.1. The van der Waals surface area contributed by atoms with Gasteiger partial charge in [-0.2, -0.15) is 5.10 Å². The van der Waals surface area contributed by atoms with E-state index in [0.717, 1.165) is 35.3 Å². The number of nitrogens with one attached hydrogen (secondary N) is 1. The molecule has 0 radical (unpaired) electrons. The largest absolute Gasteiger partial charge is 0.300 e. The standard InChI is InChI=1S/C14H14N4S/c1-2-9-18-13(16-17-14(18)19)11-5-3-7-12-10(11)6-4-8-15-12/h3-8H,2,9H2,1H3,(H,17,19). The SMILES string of the molecule is CCCn1c(-c2cccc3ncccc23)n[nH]c1=S. The average Bonchev–Trinajstić information content (AvgIpc) is 2.80. The molecule has 0 aliphatic carbocycles. The van der Waals surface area contributed by atoms with Gasteiger partial charge in [0.1, 0.15) is 0 Å². The Labute approximate surface area is 116 Å². The van der Waals surface area contributed by atoms with Gasteiger partial charge < -0.3 is 4.57 Å². The highest BCUT2D eigenvalue weighted by Gasteiger charge is 2.11. The number of benzene rings is 1. The molecule has 0 amide bonds. The van der Waals surface area contributed by atoms with Crippen molar-refractivity contribution in [3.05, 3.63) is 41.3 Å². The van der Waals surface area contributed by atoms with Gasteiger partial charge in [0, 0.05) is 23.7 Å². The number of rotatable bonds is 3. The molecule has 0 aliphatic rings. The second-order valence-corrected chi connectivity index (χ2v) is 4.77. The van der Waals surface area contributed by atoms with Crippen LogP contribution in [0.3, 0.4) is 0 Å². The van der Waals surface area contributed by atoms with E-state index in [2.05, 4.69) is 34.2 Å². The highest BCUT2D eigenvalue weighted by molar-refractivity contribution is 7.71. The van der Waals surface area contributed by atoms with Crippen molar-refractivity contribution in [1.29, 1.82) is 0 Å². The van der Waals surface area contributed by atoms with E-state index in [4.69, 9.17) is 12.2 Å². The van der Waals surface area contributed by atoms with Crippen LogP contribution in [0.4, 0.5) is 0 Å². The third-order valence-electron chi connectivity index (χ3n) is 3.09. The van der Waals surface area contributed by atoms with Crippen molar-refractivity contribution < 1.29 is 0 Å². The summed E-state index contributed by atoms with van der Waals surface area (Å²) in [6, 6.07) is 10.1. The maximum absolute atomic E-state index is 5.29. The number of nitrogens with zero attached hydrogens (tertiary/aromatic N) is 3. The lowest BCUT2D eigenvalue weighted by Crippen LogP contribution is -2.00. The van der Waals surface area contributed by atoms with E-state index in [9.17, 15) is 0 Å². The fourth-order valence-electron chi connectivity index (χ4n) is 2.25. The van der Waals surface area contributed by atoms with E-state index in [1.807, 2.05) is 22.8 Å². The Bertz CT molecular complexity index is 767. The molecule has 0 bridgehead atoms. The molecular weight excluding hydrogens is 256 g/mol. The van der Waals surface area contributed by atoms with E-state index in [1.165, 1.54) is 0 Å². The lowest BCUT2D eigenvalue weighted by atomic mass is 10.1. The molecule has 19 heavy (non-hydrogen) atoms. The first-order chi connectivity index (χ1) is 9.31. The predicted octanol–water partition coefficient (Wildman–Crippen LogP) is 3.57. The van der Waals surface area contributed by atoms with Crippen molar-refractivity contribution in [2.75, 3.05) is 0 Å². The zero-order valence-corrected chi connectivity index (χ0v) is 11.4. The van der Waals surface area contributed by atoms with Crippen LogP contribution in [0.25, 0.3) is 22.3 Å². The van der Waals surface area contributed by atoms with Crippen molar-refractivity contribution in [2.24, 2.45) is 0 Å². The number of aromatic nitrogens is 4. The van der Waals surface area contributed by atoms with Gasteiger partial charge in [0.2, 0.25) is 0 Å². The number of hydrogen-bond acceptors (Lipinski definition) is 3. The smallest absolute Gasteiger partial charge is 0.195 e. The fraction of sp³-hybridized carbons (Fsp3) is 0.214. The van der Waals surface area contributed by atoms with Gasteiger partial charge in [0.25, 0.3) is 0 Å². The van der Waals surface area contributed by atoms with E-state index in [0.29, 0.717) is 4.77 Å². The molecule has 0 aliphatic heterocycles. The zero-order valence-electron chi connectivity index (χ0n) is 10.6. The third kappa shape index (κ3) is 2.06. The van der Waals surface area contributed by atoms with Crippen LogP contribution >= 0.6 is 12.2 Å². The molecule has 0 unspecified atom stereocenters. The third-order valence-corrected chi connectivity index (χ3v) is 3.40. The maximum atomic E-state index is 5.29. The van der Waals surface area contributed by atoms with Gasteiger partial charge in [-0.3, -0.25) is 10.1 Å². The van der Waals surface area contributed by atoms with Gasteiger partial charge in [-0.15, -0.1) is 0 Å². The summed E-state index contributed by atoms with van der Waals surface area (Å²) in [5.41, 5.74) is 2.03. The van der Waals surface area contributed by atoms with E-state index in [-0.39, 0.29) is 0 Å². The molecule has 1 N–H and O–H groups in total. The van der Waals surface area contributed by atoms with Crippen molar-refractivity contribution in [1.82, 2.24) is 19.7 Å². The lowest BCUT2D eigenvalue weighted by Gasteiger charge is -2.07. The van der Waals surface area contributed by atoms with Crippen molar-refractivity contribution in [2.45, 2.75) is 19.9 Å². The number of pyridine rings is 1. The second kappa shape index (κ2) is 4.93. The number of H-pyrrole nitrogens is 1. The van der Waals surface area contributed by atoms with E-state index >= 15 is 0 Å².